The molecule has 0 fully saturated rings. The van der Waals surface area contributed by atoms with Crippen molar-refractivity contribution < 1.29 is 32.7 Å². The first-order valence-electron chi connectivity index (χ1n) is 19.5. The van der Waals surface area contributed by atoms with E-state index in [1.165, 1.54) is 18.5 Å². The molecule has 3 aromatic heterocycles. The van der Waals surface area contributed by atoms with Gasteiger partial charge in [-0.2, -0.15) is 5.26 Å². The van der Waals surface area contributed by atoms with Gasteiger partial charge in [0.15, 0.2) is 0 Å². The summed E-state index contributed by atoms with van der Waals surface area (Å²) in [4.78, 5) is 8.74. The topological polar surface area (TPSA) is 62.7 Å². The number of furan rings is 1. The molecule has 3 heterocycles. The Hall–Kier alpha value is -5.66. The SMILES string of the molecule is [2H]C([2H])([2H])c1c[c-]c(-c2ccc(C#N)cn2)cc1.[2H]C([2H])([2H])c1cnc(-c2[c-]ccc3c2oc2ccccc23)cc1-c1ccc(-c2ccccc2)cc1C(C)(C)C.[Ir]. The Balaban J connectivity index is 0.000000251. The monoisotopic (exact) mass is 858 g/mol. The molecule has 0 aliphatic rings. The van der Waals surface area contributed by atoms with Crippen LogP contribution in [0.4, 0.5) is 0 Å². The number of nitrogens with zero attached hydrogens (tertiary/aromatic N) is 3. The van der Waals surface area contributed by atoms with Crippen LogP contribution < -0.4 is 0 Å². The van der Waals surface area contributed by atoms with E-state index in [9.17, 15) is 0 Å². The molecule has 0 saturated heterocycles. The number of hydrogen-bond donors (Lipinski definition) is 0. The Bertz CT molecular complexity index is 2750. The van der Waals surface area contributed by atoms with Gasteiger partial charge in [-0.3, -0.25) is 0 Å². The van der Waals surface area contributed by atoms with E-state index in [1.54, 1.807) is 24.3 Å². The van der Waals surface area contributed by atoms with Gasteiger partial charge >= 0.3 is 0 Å². The van der Waals surface area contributed by atoms with Gasteiger partial charge < -0.3 is 14.4 Å². The van der Waals surface area contributed by atoms with E-state index in [1.807, 2.05) is 72.8 Å². The zero-order valence-electron chi connectivity index (χ0n) is 34.8. The second-order valence-corrected chi connectivity index (χ2v) is 13.2. The summed E-state index contributed by atoms with van der Waals surface area (Å²) >= 11 is 0. The summed E-state index contributed by atoms with van der Waals surface area (Å²) in [5.41, 5.74) is 9.69. The zero-order valence-corrected chi connectivity index (χ0v) is 31.2. The number of nitriles is 1. The van der Waals surface area contributed by atoms with Gasteiger partial charge in [-0.25, -0.2) is 0 Å². The van der Waals surface area contributed by atoms with Crippen LogP contribution >= 0.6 is 0 Å². The van der Waals surface area contributed by atoms with E-state index >= 15 is 0 Å². The zero-order chi connectivity index (χ0) is 40.5. The molecule has 8 rings (SSSR count). The fraction of sp³-hybridized carbons (Fsp3) is 0.128. The predicted octanol–water partition coefficient (Wildman–Crippen LogP) is 12.1. The van der Waals surface area contributed by atoms with Crippen molar-refractivity contribution in [2.24, 2.45) is 0 Å². The Kier molecular flexibility index (Phi) is 8.52. The van der Waals surface area contributed by atoms with E-state index in [0.29, 0.717) is 39.2 Å². The molecule has 5 heteroatoms. The molecule has 52 heavy (non-hydrogen) atoms. The molecule has 8 aromatic rings. The molecular weight excluding hydrogens is 815 g/mol. The molecule has 0 aliphatic heterocycles. The summed E-state index contributed by atoms with van der Waals surface area (Å²) < 4.78 is 53.0. The summed E-state index contributed by atoms with van der Waals surface area (Å²) in [5, 5.41) is 10.7. The van der Waals surface area contributed by atoms with Gasteiger partial charge in [-0.15, -0.1) is 53.6 Å². The first-order chi connectivity index (χ1) is 27.1. The smallest absolute Gasteiger partial charge is 0.120 e. The third kappa shape index (κ3) is 7.51. The number of hydrogen-bond acceptors (Lipinski definition) is 4. The van der Waals surface area contributed by atoms with E-state index in [0.717, 1.165) is 38.6 Å². The maximum atomic E-state index is 8.66. The number of fused-ring (bicyclic) bond motifs is 3. The Morgan fingerprint density at radius 3 is 2.25 bits per heavy atom. The van der Waals surface area contributed by atoms with Crippen LogP contribution in [0, 0.1) is 37.2 Å². The number of aryl methyl sites for hydroxylation is 2. The van der Waals surface area contributed by atoms with Gasteiger partial charge in [0.05, 0.1) is 11.1 Å². The minimum absolute atomic E-state index is 0. The van der Waals surface area contributed by atoms with Crippen molar-refractivity contribution in [2.75, 3.05) is 0 Å². The second-order valence-electron chi connectivity index (χ2n) is 13.2. The molecule has 0 unspecified atom stereocenters. The summed E-state index contributed by atoms with van der Waals surface area (Å²) in [6.45, 7) is 2.01. The average molecular weight is 858 g/mol. The molecule has 0 bridgehead atoms. The fourth-order valence-electron chi connectivity index (χ4n) is 6.11. The third-order valence-electron chi connectivity index (χ3n) is 8.70. The second kappa shape index (κ2) is 15.3. The Morgan fingerprint density at radius 1 is 0.731 bits per heavy atom. The van der Waals surface area contributed by atoms with Crippen molar-refractivity contribution in [3.63, 3.8) is 0 Å². The largest absolute Gasteiger partial charge is 0.501 e. The van der Waals surface area contributed by atoms with E-state index in [2.05, 4.69) is 67.1 Å². The fourth-order valence-corrected chi connectivity index (χ4v) is 6.11. The van der Waals surface area contributed by atoms with Gasteiger partial charge in [0.1, 0.15) is 11.7 Å². The molecule has 0 saturated carbocycles. The van der Waals surface area contributed by atoms with Crippen molar-refractivity contribution in [1.29, 1.82) is 5.26 Å². The predicted molar refractivity (Wildman–Crippen MR) is 208 cm³/mol. The van der Waals surface area contributed by atoms with Crippen LogP contribution in [0.15, 0.2) is 138 Å². The number of aromatic nitrogens is 2. The molecule has 4 nitrogen and oxygen atoms in total. The number of benzene rings is 5. The molecule has 0 N–H and O–H groups in total. The normalized spacial score (nSPS) is 13.2. The molecule has 0 atom stereocenters. The van der Waals surface area contributed by atoms with Crippen LogP contribution in [0.1, 0.15) is 51.2 Å². The summed E-state index contributed by atoms with van der Waals surface area (Å²) in [6, 6.07) is 46.4. The van der Waals surface area contributed by atoms with Crippen molar-refractivity contribution in [2.45, 2.75) is 39.9 Å². The number of para-hydroxylation sites is 1. The van der Waals surface area contributed by atoms with Gasteiger partial charge in [-0.05, 0) is 69.2 Å². The average Bonchev–Trinajstić information content (AvgIpc) is 3.59. The van der Waals surface area contributed by atoms with Crippen LogP contribution in [0.2, 0.25) is 0 Å². The molecule has 257 valence electrons. The standard InChI is InChI=1S/C34H28NO.C13H9N2.Ir/c1-22-21-35-31(28-15-10-14-27-26-13-8-9-16-32(26)36-33(27)28)20-29(22)25-18-17-24(19-30(25)34(2,3)4)23-11-6-5-7-12-23;1-10-2-5-12(6-3-10)13-7-4-11(8-14)9-15-13;/h5-14,16-21H,1-4H3;2-5,7,9H,1H3;/q2*-1;/i2*1D3;. The van der Waals surface area contributed by atoms with Crippen LogP contribution in [-0.4, -0.2) is 9.97 Å². The van der Waals surface area contributed by atoms with E-state index in [4.69, 9.17) is 17.9 Å². The van der Waals surface area contributed by atoms with Crippen molar-refractivity contribution >= 4 is 21.9 Å². The van der Waals surface area contributed by atoms with Gasteiger partial charge in [0.2, 0.25) is 0 Å². The van der Waals surface area contributed by atoms with Crippen molar-refractivity contribution in [3.8, 4) is 50.8 Å². The Morgan fingerprint density at radius 2 is 1.54 bits per heavy atom. The van der Waals surface area contributed by atoms with E-state index in [-0.39, 0.29) is 36.6 Å². The quantitative estimate of drug-likeness (QED) is 0.165. The molecule has 0 amide bonds. The Labute approximate surface area is 327 Å². The number of pyridine rings is 2. The molecule has 5 aromatic carbocycles. The first-order valence-corrected chi connectivity index (χ1v) is 16.5. The molecular formula is C47H37IrN3O-2. The van der Waals surface area contributed by atoms with Crippen molar-refractivity contribution in [3.05, 3.63) is 168 Å². The first kappa shape index (κ1) is 29.0. The minimum atomic E-state index is -2.33. The van der Waals surface area contributed by atoms with Crippen LogP contribution in [-0.2, 0) is 25.5 Å². The maximum absolute atomic E-state index is 8.66. The maximum Gasteiger partial charge on any atom is 0.120 e. The summed E-state index contributed by atoms with van der Waals surface area (Å²) in [5.74, 6) is 0. The third-order valence-corrected chi connectivity index (χ3v) is 8.70. The van der Waals surface area contributed by atoms with Gasteiger partial charge in [0, 0.05) is 46.1 Å². The molecule has 0 aliphatic carbocycles. The summed E-state index contributed by atoms with van der Waals surface area (Å²) in [6.07, 6.45) is 2.96. The van der Waals surface area contributed by atoms with Crippen molar-refractivity contribution in [1.82, 2.24) is 9.97 Å². The number of rotatable bonds is 4. The van der Waals surface area contributed by atoms with Crippen LogP contribution in [0.3, 0.4) is 0 Å². The van der Waals surface area contributed by atoms with E-state index < -0.39 is 13.7 Å². The van der Waals surface area contributed by atoms with Crippen LogP contribution in [0.25, 0.3) is 66.7 Å². The molecule has 1 radical (unpaired) electrons. The minimum Gasteiger partial charge on any atom is -0.501 e. The summed E-state index contributed by atoms with van der Waals surface area (Å²) in [7, 11) is 0. The van der Waals surface area contributed by atoms with Gasteiger partial charge in [0.25, 0.3) is 0 Å². The molecule has 0 spiro atoms. The van der Waals surface area contributed by atoms with Gasteiger partial charge in [-0.1, -0.05) is 117 Å². The van der Waals surface area contributed by atoms with Crippen LogP contribution in [0.5, 0.6) is 0 Å².